The maximum absolute atomic E-state index is 10.4. The monoisotopic (exact) mass is 339 g/mol. The maximum atomic E-state index is 10.4. The predicted octanol–water partition coefficient (Wildman–Crippen LogP) is 2.79. The first-order valence-corrected chi connectivity index (χ1v) is 8.47. The van der Waals surface area contributed by atoms with Crippen molar-refractivity contribution in [3.8, 4) is 5.75 Å². The molecule has 0 aliphatic carbocycles. The summed E-state index contributed by atoms with van der Waals surface area (Å²) >= 11 is 0. The van der Waals surface area contributed by atoms with E-state index in [0.717, 1.165) is 22.6 Å². The van der Waals surface area contributed by atoms with Crippen LogP contribution in [0.25, 0.3) is 6.08 Å². The van der Waals surface area contributed by atoms with Crippen LogP contribution in [0.5, 0.6) is 5.75 Å². The quantitative estimate of drug-likeness (QED) is 0.908. The highest BCUT2D eigenvalue weighted by Gasteiger charge is 2.27. The summed E-state index contributed by atoms with van der Waals surface area (Å²) in [5.74, 6) is 0.794. The standard InChI is InChI=1S/C20H21NO4/c22-19-10-9-16-17(21(19)13-20-23-11-12-24-20)7-4-8-18(16)25-14-15-5-2-1-3-6-15/h1-10,19-20,22H,11-14H2. The lowest BCUT2D eigenvalue weighted by Gasteiger charge is -2.34. The van der Waals surface area contributed by atoms with Gasteiger partial charge in [0.2, 0.25) is 0 Å². The van der Waals surface area contributed by atoms with Crippen LogP contribution in [0.1, 0.15) is 11.1 Å². The topological polar surface area (TPSA) is 51.2 Å². The van der Waals surface area contributed by atoms with Crippen molar-refractivity contribution >= 4 is 11.8 Å². The summed E-state index contributed by atoms with van der Waals surface area (Å²) in [6, 6.07) is 15.9. The Balaban J connectivity index is 1.55. The summed E-state index contributed by atoms with van der Waals surface area (Å²) < 4.78 is 17.1. The summed E-state index contributed by atoms with van der Waals surface area (Å²) in [5.41, 5.74) is 2.99. The zero-order valence-electron chi connectivity index (χ0n) is 13.9. The molecule has 2 aromatic rings. The first-order valence-electron chi connectivity index (χ1n) is 8.47. The average molecular weight is 339 g/mol. The van der Waals surface area contributed by atoms with Gasteiger partial charge in [0.1, 0.15) is 18.6 Å². The van der Waals surface area contributed by atoms with Gasteiger partial charge in [-0.2, -0.15) is 0 Å². The summed E-state index contributed by atoms with van der Waals surface area (Å²) in [6.07, 6.45) is 2.65. The molecule has 5 heteroatoms. The Morgan fingerprint density at radius 2 is 1.84 bits per heavy atom. The van der Waals surface area contributed by atoms with E-state index in [1.807, 2.05) is 59.5 Å². The Hall–Kier alpha value is -2.34. The third-order valence-corrected chi connectivity index (χ3v) is 4.38. The molecule has 1 unspecified atom stereocenters. The number of hydrogen-bond donors (Lipinski definition) is 1. The van der Waals surface area contributed by atoms with Crippen LogP contribution in [0, 0.1) is 0 Å². The van der Waals surface area contributed by atoms with Crippen LogP contribution < -0.4 is 9.64 Å². The van der Waals surface area contributed by atoms with E-state index in [0.29, 0.717) is 26.4 Å². The van der Waals surface area contributed by atoms with E-state index >= 15 is 0 Å². The Kier molecular flexibility index (Phi) is 4.70. The lowest BCUT2D eigenvalue weighted by Crippen LogP contribution is -2.41. The van der Waals surface area contributed by atoms with E-state index < -0.39 is 6.23 Å². The SMILES string of the molecule is OC1C=Cc2c(OCc3ccccc3)cccc2N1CC1OCCO1. The second-order valence-electron chi connectivity index (χ2n) is 6.06. The van der Waals surface area contributed by atoms with Crippen molar-refractivity contribution in [1.29, 1.82) is 0 Å². The number of fused-ring (bicyclic) bond motifs is 1. The van der Waals surface area contributed by atoms with Crippen LogP contribution in [0.3, 0.4) is 0 Å². The van der Waals surface area contributed by atoms with Crippen LogP contribution in [0.15, 0.2) is 54.6 Å². The summed E-state index contributed by atoms with van der Waals surface area (Å²) in [4.78, 5) is 1.88. The van der Waals surface area contributed by atoms with Gasteiger partial charge in [-0.3, -0.25) is 0 Å². The molecule has 0 amide bonds. The molecule has 2 aliphatic heterocycles. The number of aliphatic hydroxyl groups is 1. The van der Waals surface area contributed by atoms with E-state index in [2.05, 4.69) is 0 Å². The van der Waals surface area contributed by atoms with Gasteiger partial charge in [0.25, 0.3) is 0 Å². The summed E-state index contributed by atoms with van der Waals surface area (Å²) in [5, 5.41) is 10.4. The third-order valence-electron chi connectivity index (χ3n) is 4.38. The molecule has 4 rings (SSSR count). The minimum absolute atomic E-state index is 0.317. The number of rotatable bonds is 5. The average Bonchev–Trinajstić information content (AvgIpc) is 3.16. The van der Waals surface area contributed by atoms with Gasteiger partial charge < -0.3 is 24.2 Å². The van der Waals surface area contributed by atoms with Gasteiger partial charge in [-0.1, -0.05) is 36.4 Å². The maximum Gasteiger partial charge on any atom is 0.175 e. The molecular formula is C20H21NO4. The molecule has 2 aliphatic rings. The fraction of sp³-hybridized carbons (Fsp3) is 0.300. The molecule has 0 bridgehead atoms. The van der Waals surface area contributed by atoms with Gasteiger partial charge in [-0.15, -0.1) is 0 Å². The van der Waals surface area contributed by atoms with E-state index in [1.54, 1.807) is 6.08 Å². The Labute approximate surface area is 147 Å². The number of anilines is 1. The molecule has 2 aromatic carbocycles. The van der Waals surface area contributed by atoms with E-state index in [4.69, 9.17) is 14.2 Å². The first kappa shape index (κ1) is 16.1. The molecule has 1 saturated heterocycles. The molecule has 1 N–H and O–H groups in total. The van der Waals surface area contributed by atoms with Crippen LogP contribution >= 0.6 is 0 Å². The van der Waals surface area contributed by atoms with Gasteiger partial charge in [-0.25, -0.2) is 0 Å². The molecule has 2 heterocycles. The lowest BCUT2D eigenvalue weighted by atomic mass is 10.1. The van der Waals surface area contributed by atoms with Gasteiger partial charge >= 0.3 is 0 Å². The predicted molar refractivity (Wildman–Crippen MR) is 95.3 cm³/mol. The van der Waals surface area contributed by atoms with Gasteiger partial charge in [0, 0.05) is 5.56 Å². The molecular weight excluding hydrogens is 318 g/mol. The normalized spacial score (nSPS) is 19.9. The van der Waals surface area contributed by atoms with Crippen LogP contribution in [-0.2, 0) is 16.1 Å². The summed E-state index contributed by atoms with van der Waals surface area (Å²) in [6.45, 7) is 2.16. The van der Waals surface area contributed by atoms with Crippen molar-refractivity contribution < 1.29 is 19.3 Å². The zero-order chi connectivity index (χ0) is 17.1. The zero-order valence-corrected chi connectivity index (χ0v) is 13.9. The van der Waals surface area contributed by atoms with Gasteiger partial charge in [0.15, 0.2) is 6.29 Å². The third kappa shape index (κ3) is 3.54. The van der Waals surface area contributed by atoms with E-state index in [9.17, 15) is 5.11 Å². The van der Waals surface area contributed by atoms with Crippen molar-refractivity contribution in [2.45, 2.75) is 19.1 Å². The highest BCUT2D eigenvalue weighted by atomic mass is 16.7. The molecule has 0 spiro atoms. The fourth-order valence-electron chi connectivity index (χ4n) is 3.12. The largest absolute Gasteiger partial charge is 0.488 e. The van der Waals surface area contributed by atoms with Crippen molar-refractivity contribution in [1.82, 2.24) is 0 Å². The van der Waals surface area contributed by atoms with Crippen molar-refractivity contribution in [3.63, 3.8) is 0 Å². The smallest absolute Gasteiger partial charge is 0.175 e. The summed E-state index contributed by atoms with van der Waals surface area (Å²) in [7, 11) is 0. The second-order valence-corrected chi connectivity index (χ2v) is 6.06. The number of nitrogens with zero attached hydrogens (tertiary/aromatic N) is 1. The van der Waals surface area contributed by atoms with Gasteiger partial charge in [0.05, 0.1) is 25.4 Å². The Morgan fingerprint density at radius 1 is 1.04 bits per heavy atom. The molecule has 1 fully saturated rings. The van der Waals surface area contributed by atoms with Crippen LogP contribution in [0.4, 0.5) is 5.69 Å². The second kappa shape index (κ2) is 7.27. The number of benzene rings is 2. The highest BCUT2D eigenvalue weighted by molar-refractivity contribution is 5.76. The van der Waals surface area contributed by atoms with E-state index in [1.165, 1.54) is 0 Å². The molecule has 5 nitrogen and oxygen atoms in total. The minimum atomic E-state index is -0.704. The molecule has 0 saturated carbocycles. The molecule has 0 radical (unpaired) electrons. The number of ether oxygens (including phenoxy) is 3. The van der Waals surface area contributed by atoms with Crippen LogP contribution in [-0.4, -0.2) is 37.4 Å². The Morgan fingerprint density at radius 3 is 2.64 bits per heavy atom. The first-order chi connectivity index (χ1) is 12.3. The molecule has 130 valence electrons. The fourth-order valence-corrected chi connectivity index (χ4v) is 3.12. The van der Waals surface area contributed by atoms with E-state index in [-0.39, 0.29) is 6.29 Å². The molecule has 1 atom stereocenters. The minimum Gasteiger partial charge on any atom is -0.488 e. The van der Waals surface area contributed by atoms with Crippen LogP contribution in [0.2, 0.25) is 0 Å². The van der Waals surface area contributed by atoms with Crippen molar-refractivity contribution in [2.75, 3.05) is 24.7 Å². The Bertz CT molecular complexity index is 741. The highest BCUT2D eigenvalue weighted by Crippen LogP contribution is 2.35. The van der Waals surface area contributed by atoms with Gasteiger partial charge in [-0.05, 0) is 29.8 Å². The number of hydrogen-bond acceptors (Lipinski definition) is 5. The molecule has 25 heavy (non-hydrogen) atoms. The lowest BCUT2D eigenvalue weighted by molar-refractivity contribution is -0.0383. The van der Waals surface area contributed by atoms with Crippen molar-refractivity contribution in [3.05, 3.63) is 65.7 Å². The number of aliphatic hydroxyl groups excluding tert-OH is 1. The molecule has 0 aromatic heterocycles. The van der Waals surface area contributed by atoms with Crippen molar-refractivity contribution in [2.24, 2.45) is 0 Å².